The van der Waals surface area contributed by atoms with E-state index in [0.29, 0.717) is 0 Å². The molecular formula is C12H17N. The summed E-state index contributed by atoms with van der Waals surface area (Å²) in [5.41, 5.74) is 8.70. The van der Waals surface area contributed by atoms with E-state index in [1.54, 1.807) is 5.56 Å². The van der Waals surface area contributed by atoms with Crippen molar-refractivity contribution in [3.05, 3.63) is 35.4 Å². The third-order valence-electron chi connectivity index (χ3n) is 3.06. The van der Waals surface area contributed by atoms with Crippen molar-refractivity contribution in [2.24, 2.45) is 11.7 Å². The van der Waals surface area contributed by atoms with Crippen molar-refractivity contribution in [1.82, 2.24) is 0 Å². The van der Waals surface area contributed by atoms with Gasteiger partial charge in [0.1, 0.15) is 0 Å². The van der Waals surface area contributed by atoms with E-state index in [9.17, 15) is 0 Å². The summed E-state index contributed by atoms with van der Waals surface area (Å²) in [5.74, 6) is 1.52. The van der Waals surface area contributed by atoms with E-state index in [1.165, 1.54) is 12.0 Å². The monoisotopic (exact) mass is 175 g/mol. The first-order chi connectivity index (χ1) is 6.36. The molecule has 1 nitrogen and oxygen atoms in total. The number of rotatable bonds is 3. The van der Waals surface area contributed by atoms with Crippen molar-refractivity contribution in [2.75, 3.05) is 6.54 Å². The van der Waals surface area contributed by atoms with Gasteiger partial charge in [0.2, 0.25) is 0 Å². The topological polar surface area (TPSA) is 26.0 Å². The Morgan fingerprint density at radius 2 is 2.15 bits per heavy atom. The third kappa shape index (κ3) is 1.61. The fourth-order valence-electron chi connectivity index (χ4n) is 2.11. The molecule has 1 saturated carbocycles. The smallest absolute Gasteiger partial charge is 0.00428 e. The van der Waals surface area contributed by atoms with Crippen LogP contribution in [0.2, 0.25) is 0 Å². The molecule has 0 saturated heterocycles. The minimum absolute atomic E-state index is 0.757. The Kier molecular flexibility index (Phi) is 2.36. The zero-order valence-corrected chi connectivity index (χ0v) is 8.16. The first-order valence-electron chi connectivity index (χ1n) is 5.14. The molecule has 70 valence electrons. The van der Waals surface area contributed by atoms with Crippen LogP contribution in [0.3, 0.4) is 0 Å². The van der Waals surface area contributed by atoms with E-state index < -0.39 is 0 Å². The maximum absolute atomic E-state index is 5.65. The quantitative estimate of drug-likeness (QED) is 0.749. The molecule has 0 aliphatic heterocycles. The van der Waals surface area contributed by atoms with Gasteiger partial charge in [-0.05, 0) is 42.3 Å². The molecule has 1 aromatic carbocycles. The fourth-order valence-corrected chi connectivity index (χ4v) is 2.11. The number of hydrogen-bond acceptors (Lipinski definition) is 1. The lowest BCUT2D eigenvalue weighted by Crippen LogP contribution is -2.02. The number of hydrogen-bond donors (Lipinski definition) is 1. The van der Waals surface area contributed by atoms with Crippen LogP contribution in [-0.2, 0) is 6.42 Å². The van der Waals surface area contributed by atoms with Crippen molar-refractivity contribution < 1.29 is 0 Å². The van der Waals surface area contributed by atoms with Crippen molar-refractivity contribution in [2.45, 2.75) is 25.7 Å². The molecule has 0 amide bonds. The number of aryl methyl sites for hydroxylation is 1. The summed E-state index contributed by atoms with van der Waals surface area (Å²) >= 11 is 0. The summed E-state index contributed by atoms with van der Waals surface area (Å²) < 4.78 is 0. The second-order valence-electron chi connectivity index (χ2n) is 3.89. The predicted octanol–water partition coefficient (Wildman–Crippen LogP) is 2.31. The van der Waals surface area contributed by atoms with E-state index in [4.69, 9.17) is 5.73 Å². The van der Waals surface area contributed by atoms with Gasteiger partial charge in [-0.1, -0.05) is 31.2 Å². The van der Waals surface area contributed by atoms with Gasteiger partial charge in [-0.25, -0.2) is 0 Å². The number of benzene rings is 1. The van der Waals surface area contributed by atoms with Gasteiger partial charge in [-0.3, -0.25) is 0 Å². The van der Waals surface area contributed by atoms with Crippen LogP contribution in [0.15, 0.2) is 24.3 Å². The minimum Gasteiger partial charge on any atom is -0.330 e. The van der Waals surface area contributed by atoms with Gasteiger partial charge >= 0.3 is 0 Å². The van der Waals surface area contributed by atoms with E-state index in [0.717, 1.165) is 24.8 Å². The second-order valence-corrected chi connectivity index (χ2v) is 3.89. The summed E-state index contributed by atoms with van der Waals surface area (Å²) in [6, 6.07) is 8.77. The SMILES string of the molecule is CCc1ccccc1[C@H]1C[C@H]1CN. The highest BCUT2D eigenvalue weighted by molar-refractivity contribution is 5.34. The molecule has 0 radical (unpaired) electrons. The first-order valence-corrected chi connectivity index (χ1v) is 5.14. The zero-order chi connectivity index (χ0) is 9.26. The van der Waals surface area contributed by atoms with Crippen molar-refractivity contribution in [3.8, 4) is 0 Å². The zero-order valence-electron chi connectivity index (χ0n) is 8.16. The molecule has 1 aliphatic carbocycles. The van der Waals surface area contributed by atoms with Gasteiger partial charge in [0.05, 0.1) is 0 Å². The average Bonchev–Trinajstić information content (AvgIpc) is 2.96. The van der Waals surface area contributed by atoms with Crippen LogP contribution < -0.4 is 5.73 Å². The molecule has 1 aromatic rings. The molecule has 1 aliphatic rings. The predicted molar refractivity (Wildman–Crippen MR) is 55.7 cm³/mol. The summed E-state index contributed by atoms with van der Waals surface area (Å²) in [7, 11) is 0. The highest BCUT2D eigenvalue weighted by atomic mass is 14.6. The molecule has 0 heterocycles. The Labute approximate surface area is 80.0 Å². The third-order valence-corrected chi connectivity index (χ3v) is 3.06. The van der Waals surface area contributed by atoms with Crippen LogP contribution in [0.1, 0.15) is 30.4 Å². The lowest BCUT2D eigenvalue weighted by atomic mass is 10.0. The Morgan fingerprint density at radius 3 is 2.77 bits per heavy atom. The van der Waals surface area contributed by atoms with E-state index >= 15 is 0 Å². The van der Waals surface area contributed by atoms with Crippen LogP contribution in [0.25, 0.3) is 0 Å². The Hall–Kier alpha value is -0.820. The molecular weight excluding hydrogens is 158 g/mol. The average molecular weight is 175 g/mol. The minimum atomic E-state index is 0.757. The highest BCUT2D eigenvalue weighted by Crippen LogP contribution is 2.47. The van der Waals surface area contributed by atoms with Gasteiger partial charge < -0.3 is 5.73 Å². The summed E-state index contributed by atoms with van der Waals surface area (Å²) in [6.07, 6.45) is 2.44. The van der Waals surface area contributed by atoms with Crippen LogP contribution in [0, 0.1) is 5.92 Å². The summed E-state index contributed by atoms with van der Waals surface area (Å²) in [6.45, 7) is 3.07. The van der Waals surface area contributed by atoms with Gasteiger partial charge in [-0.15, -0.1) is 0 Å². The maximum Gasteiger partial charge on any atom is -0.00428 e. The standard InChI is InChI=1S/C12H17N/c1-2-9-5-3-4-6-11(9)12-7-10(12)8-13/h3-6,10,12H,2,7-8,13H2,1H3/t10-,12-/m0/s1. The molecule has 2 atom stereocenters. The Balaban J connectivity index is 2.20. The number of nitrogens with two attached hydrogens (primary N) is 1. The summed E-state index contributed by atoms with van der Waals surface area (Å²) in [5, 5.41) is 0. The van der Waals surface area contributed by atoms with Gasteiger partial charge in [0.15, 0.2) is 0 Å². The maximum atomic E-state index is 5.65. The molecule has 0 spiro atoms. The van der Waals surface area contributed by atoms with Gasteiger partial charge in [0.25, 0.3) is 0 Å². The molecule has 2 rings (SSSR count). The Bertz CT molecular complexity index is 293. The van der Waals surface area contributed by atoms with Crippen molar-refractivity contribution in [3.63, 3.8) is 0 Å². The molecule has 1 fully saturated rings. The molecule has 0 unspecified atom stereocenters. The summed E-state index contributed by atoms with van der Waals surface area (Å²) in [4.78, 5) is 0. The second kappa shape index (κ2) is 3.51. The molecule has 0 bridgehead atoms. The van der Waals surface area contributed by atoms with E-state index in [1.807, 2.05) is 0 Å². The van der Waals surface area contributed by atoms with Crippen LogP contribution in [-0.4, -0.2) is 6.54 Å². The normalized spacial score (nSPS) is 26.0. The molecule has 13 heavy (non-hydrogen) atoms. The fraction of sp³-hybridized carbons (Fsp3) is 0.500. The van der Waals surface area contributed by atoms with E-state index in [2.05, 4.69) is 31.2 Å². The van der Waals surface area contributed by atoms with Crippen molar-refractivity contribution in [1.29, 1.82) is 0 Å². The van der Waals surface area contributed by atoms with E-state index in [-0.39, 0.29) is 0 Å². The van der Waals surface area contributed by atoms with Gasteiger partial charge in [0, 0.05) is 0 Å². The highest BCUT2D eigenvalue weighted by Gasteiger charge is 2.37. The Morgan fingerprint density at radius 1 is 1.38 bits per heavy atom. The molecule has 2 N–H and O–H groups in total. The lowest BCUT2D eigenvalue weighted by Gasteiger charge is -2.05. The van der Waals surface area contributed by atoms with Crippen LogP contribution in [0.5, 0.6) is 0 Å². The van der Waals surface area contributed by atoms with Crippen LogP contribution in [0.4, 0.5) is 0 Å². The first kappa shape index (κ1) is 8.76. The largest absolute Gasteiger partial charge is 0.330 e. The van der Waals surface area contributed by atoms with Crippen LogP contribution >= 0.6 is 0 Å². The molecule has 0 aromatic heterocycles. The van der Waals surface area contributed by atoms with Gasteiger partial charge in [-0.2, -0.15) is 0 Å². The lowest BCUT2D eigenvalue weighted by molar-refractivity contribution is 0.804. The van der Waals surface area contributed by atoms with Crippen molar-refractivity contribution >= 4 is 0 Å². The molecule has 1 heteroatoms.